The number of fused-ring (bicyclic) bond motifs is 1. The summed E-state index contributed by atoms with van der Waals surface area (Å²) in [6, 6.07) is 7.31. The van der Waals surface area contributed by atoms with Gasteiger partial charge in [0.2, 0.25) is 5.91 Å². The summed E-state index contributed by atoms with van der Waals surface area (Å²) in [5, 5.41) is 6.11. The summed E-state index contributed by atoms with van der Waals surface area (Å²) in [7, 11) is 1.56. The van der Waals surface area contributed by atoms with Crippen molar-refractivity contribution in [3.63, 3.8) is 0 Å². The van der Waals surface area contributed by atoms with E-state index in [9.17, 15) is 9.59 Å². The third kappa shape index (κ3) is 4.72. The highest BCUT2D eigenvalue weighted by Crippen LogP contribution is 2.21. The van der Waals surface area contributed by atoms with Crippen LogP contribution in [0.2, 0.25) is 0 Å². The Morgan fingerprint density at radius 2 is 2.04 bits per heavy atom. The number of aromatic nitrogens is 1. The molecule has 0 saturated heterocycles. The molecule has 0 bridgehead atoms. The van der Waals surface area contributed by atoms with Gasteiger partial charge in [0, 0.05) is 30.6 Å². The minimum Gasteiger partial charge on any atom is -0.494 e. The maximum atomic E-state index is 12.1. The quantitative estimate of drug-likeness (QED) is 0.634. The van der Waals surface area contributed by atoms with Crippen LogP contribution in [0.5, 0.6) is 5.75 Å². The Kier molecular flexibility index (Phi) is 5.99. The van der Waals surface area contributed by atoms with Crippen molar-refractivity contribution in [2.24, 2.45) is 0 Å². The molecule has 0 spiro atoms. The Labute approximate surface area is 134 Å². The number of benzene rings is 1. The summed E-state index contributed by atoms with van der Waals surface area (Å²) in [6.07, 6.45) is 0. The maximum absolute atomic E-state index is 12.1. The van der Waals surface area contributed by atoms with E-state index in [1.165, 1.54) is 0 Å². The summed E-state index contributed by atoms with van der Waals surface area (Å²) in [6.45, 7) is 3.26. The van der Waals surface area contributed by atoms with Gasteiger partial charge in [-0.2, -0.15) is 0 Å². The first-order valence-electron chi connectivity index (χ1n) is 7.43. The summed E-state index contributed by atoms with van der Waals surface area (Å²) >= 11 is 0. The minimum atomic E-state index is -0.332. The Morgan fingerprint density at radius 3 is 2.78 bits per heavy atom. The number of ether oxygens (including phenoxy) is 2. The zero-order chi connectivity index (χ0) is 16.7. The molecule has 2 amide bonds. The van der Waals surface area contributed by atoms with Crippen molar-refractivity contribution in [2.75, 3.05) is 33.4 Å². The fraction of sp³-hybridized carbons (Fsp3) is 0.375. The smallest absolute Gasteiger partial charge is 0.268 e. The van der Waals surface area contributed by atoms with Crippen LogP contribution in [0, 0.1) is 0 Å². The number of rotatable bonds is 8. The molecule has 0 atom stereocenters. The van der Waals surface area contributed by atoms with Crippen LogP contribution < -0.4 is 15.4 Å². The lowest BCUT2D eigenvalue weighted by Gasteiger charge is -2.05. The normalized spacial score (nSPS) is 10.5. The predicted molar refractivity (Wildman–Crippen MR) is 86.7 cm³/mol. The van der Waals surface area contributed by atoms with E-state index in [0.29, 0.717) is 25.5 Å². The van der Waals surface area contributed by atoms with E-state index in [4.69, 9.17) is 9.47 Å². The zero-order valence-corrected chi connectivity index (χ0v) is 13.3. The molecule has 124 valence electrons. The van der Waals surface area contributed by atoms with Gasteiger partial charge in [0.05, 0.1) is 19.8 Å². The highest BCUT2D eigenvalue weighted by Gasteiger charge is 2.11. The summed E-state index contributed by atoms with van der Waals surface area (Å²) in [5.74, 6) is 0.150. The second-order valence-electron chi connectivity index (χ2n) is 4.89. The number of aromatic amines is 1. The van der Waals surface area contributed by atoms with E-state index in [-0.39, 0.29) is 18.4 Å². The molecule has 1 heterocycles. The summed E-state index contributed by atoms with van der Waals surface area (Å²) < 4.78 is 10.3. The number of hydrogen-bond donors (Lipinski definition) is 3. The molecule has 7 heteroatoms. The van der Waals surface area contributed by atoms with Crippen LogP contribution >= 0.6 is 0 Å². The van der Waals surface area contributed by atoms with E-state index < -0.39 is 0 Å². The van der Waals surface area contributed by atoms with Crippen molar-refractivity contribution >= 4 is 22.7 Å². The Hall–Kier alpha value is -2.54. The molecule has 0 fully saturated rings. The summed E-state index contributed by atoms with van der Waals surface area (Å²) in [4.78, 5) is 26.6. The molecule has 3 N–H and O–H groups in total. The topological polar surface area (TPSA) is 92.4 Å². The van der Waals surface area contributed by atoms with Crippen LogP contribution in [-0.2, 0) is 9.53 Å². The van der Waals surface area contributed by atoms with Crippen LogP contribution in [0.25, 0.3) is 10.9 Å². The predicted octanol–water partition coefficient (Wildman–Crippen LogP) is 1.06. The molecular weight excluding hydrogens is 298 g/mol. The molecular formula is C16H21N3O4. The molecule has 2 rings (SSSR count). The van der Waals surface area contributed by atoms with Crippen molar-refractivity contribution in [1.82, 2.24) is 15.6 Å². The molecule has 0 aliphatic heterocycles. The average Bonchev–Trinajstić information content (AvgIpc) is 2.96. The molecule has 0 saturated carbocycles. The van der Waals surface area contributed by atoms with Crippen molar-refractivity contribution in [3.8, 4) is 5.75 Å². The van der Waals surface area contributed by atoms with Crippen molar-refractivity contribution < 1.29 is 19.1 Å². The second-order valence-corrected chi connectivity index (χ2v) is 4.89. The zero-order valence-electron chi connectivity index (χ0n) is 13.3. The molecule has 2 aromatic rings. The monoisotopic (exact) mass is 319 g/mol. The Bertz CT molecular complexity index is 681. The minimum absolute atomic E-state index is 0.0812. The van der Waals surface area contributed by atoms with Gasteiger partial charge in [-0.3, -0.25) is 9.59 Å². The largest absolute Gasteiger partial charge is 0.494 e. The number of carbonyl (C=O) groups is 2. The molecule has 23 heavy (non-hydrogen) atoms. The Balaban J connectivity index is 1.94. The number of H-pyrrole nitrogens is 1. The van der Waals surface area contributed by atoms with E-state index in [0.717, 1.165) is 16.7 Å². The maximum Gasteiger partial charge on any atom is 0.268 e. The van der Waals surface area contributed by atoms with E-state index in [1.54, 1.807) is 13.2 Å². The first kappa shape index (κ1) is 16.8. The highest BCUT2D eigenvalue weighted by atomic mass is 16.5. The molecule has 1 aromatic heterocycles. The van der Waals surface area contributed by atoms with Crippen molar-refractivity contribution in [2.45, 2.75) is 6.92 Å². The number of nitrogens with one attached hydrogen (secondary N) is 3. The standard InChI is InChI=1S/C16H21N3O4/c1-3-23-12-5-4-11-8-14(19-13(11)9-12)16(21)18-10-15(20)17-6-7-22-2/h4-5,8-9,19H,3,6-7,10H2,1-2H3,(H,17,20)(H,18,21). The van der Waals surface area contributed by atoms with E-state index in [1.807, 2.05) is 25.1 Å². The molecule has 0 aliphatic rings. The van der Waals surface area contributed by atoms with Gasteiger partial charge in [0.1, 0.15) is 11.4 Å². The van der Waals surface area contributed by atoms with Crippen LogP contribution in [0.3, 0.4) is 0 Å². The fourth-order valence-electron chi connectivity index (χ4n) is 2.10. The van der Waals surface area contributed by atoms with Crippen LogP contribution in [0.4, 0.5) is 0 Å². The third-order valence-electron chi connectivity index (χ3n) is 3.19. The number of hydrogen-bond acceptors (Lipinski definition) is 4. The van der Waals surface area contributed by atoms with Gasteiger partial charge < -0.3 is 25.1 Å². The van der Waals surface area contributed by atoms with Gasteiger partial charge in [0.15, 0.2) is 0 Å². The lowest BCUT2D eigenvalue weighted by Crippen LogP contribution is -2.38. The van der Waals surface area contributed by atoms with Gasteiger partial charge in [0.25, 0.3) is 5.91 Å². The van der Waals surface area contributed by atoms with Gasteiger partial charge in [-0.25, -0.2) is 0 Å². The van der Waals surface area contributed by atoms with Gasteiger partial charge >= 0.3 is 0 Å². The lowest BCUT2D eigenvalue weighted by molar-refractivity contribution is -0.120. The second kappa shape index (κ2) is 8.19. The molecule has 7 nitrogen and oxygen atoms in total. The Morgan fingerprint density at radius 1 is 1.22 bits per heavy atom. The SMILES string of the molecule is CCOc1ccc2cc(C(=O)NCC(=O)NCCOC)[nH]c2c1. The van der Waals surface area contributed by atoms with Gasteiger partial charge in [-0.1, -0.05) is 0 Å². The number of carbonyl (C=O) groups excluding carboxylic acids is 2. The van der Waals surface area contributed by atoms with E-state index in [2.05, 4.69) is 15.6 Å². The van der Waals surface area contributed by atoms with Gasteiger partial charge in [-0.15, -0.1) is 0 Å². The number of amides is 2. The molecule has 1 aromatic carbocycles. The van der Waals surface area contributed by atoms with E-state index >= 15 is 0 Å². The highest BCUT2D eigenvalue weighted by molar-refractivity contribution is 5.99. The van der Waals surface area contributed by atoms with Crippen LogP contribution in [0.1, 0.15) is 17.4 Å². The molecule has 0 aliphatic carbocycles. The lowest BCUT2D eigenvalue weighted by atomic mass is 10.2. The fourth-order valence-corrected chi connectivity index (χ4v) is 2.10. The molecule has 0 radical (unpaired) electrons. The summed E-state index contributed by atoms with van der Waals surface area (Å²) in [5.41, 5.74) is 1.21. The average molecular weight is 319 g/mol. The van der Waals surface area contributed by atoms with Gasteiger partial charge in [-0.05, 0) is 25.1 Å². The van der Waals surface area contributed by atoms with Crippen molar-refractivity contribution in [1.29, 1.82) is 0 Å². The van der Waals surface area contributed by atoms with Crippen LogP contribution in [-0.4, -0.2) is 50.2 Å². The molecule has 0 unspecified atom stereocenters. The third-order valence-corrected chi connectivity index (χ3v) is 3.19. The first-order valence-corrected chi connectivity index (χ1v) is 7.43. The van der Waals surface area contributed by atoms with Crippen LogP contribution in [0.15, 0.2) is 24.3 Å². The van der Waals surface area contributed by atoms with Crippen molar-refractivity contribution in [3.05, 3.63) is 30.0 Å². The number of methoxy groups -OCH3 is 1. The first-order chi connectivity index (χ1) is 11.1.